The Kier molecular flexibility index (Phi) is 8.66. The summed E-state index contributed by atoms with van der Waals surface area (Å²) in [6.45, 7) is 1.48. The number of ether oxygens (including phenoxy) is 3. The summed E-state index contributed by atoms with van der Waals surface area (Å²) in [5, 5.41) is 24.1. The van der Waals surface area contributed by atoms with Crippen LogP contribution in [0.15, 0.2) is 47.5 Å². The minimum Gasteiger partial charge on any atom is -0.490 e. The normalized spacial score (nSPS) is 25.9. The average molecular weight is 552 g/mol. The predicted octanol–water partition coefficient (Wildman–Crippen LogP) is 3.51. The number of nitro benzene ring substituents is 1. The molecule has 1 saturated heterocycles. The van der Waals surface area contributed by atoms with Crippen molar-refractivity contribution in [3.8, 4) is 5.75 Å². The van der Waals surface area contributed by atoms with Gasteiger partial charge in [0.2, 0.25) is 0 Å². The van der Waals surface area contributed by atoms with Crippen LogP contribution in [0.3, 0.4) is 0 Å². The summed E-state index contributed by atoms with van der Waals surface area (Å²) in [5.74, 6) is 0.448. The first-order valence-corrected chi connectivity index (χ1v) is 14.0. The van der Waals surface area contributed by atoms with E-state index in [4.69, 9.17) is 19.2 Å². The van der Waals surface area contributed by atoms with Crippen molar-refractivity contribution in [3.05, 3.63) is 68.7 Å². The zero-order valence-electron chi connectivity index (χ0n) is 22.9. The van der Waals surface area contributed by atoms with Gasteiger partial charge in [0, 0.05) is 23.9 Å². The van der Waals surface area contributed by atoms with Crippen LogP contribution in [0.5, 0.6) is 5.75 Å². The Hall–Kier alpha value is -3.50. The second kappa shape index (κ2) is 12.3. The van der Waals surface area contributed by atoms with E-state index in [1.165, 1.54) is 13.2 Å². The fraction of sp³-hybridized carbons (Fsp3) is 0.533. The van der Waals surface area contributed by atoms with Crippen LogP contribution in [-0.2, 0) is 16.1 Å². The Bertz CT molecular complexity index is 1320. The van der Waals surface area contributed by atoms with Crippen molar-refractivity contribution in [3.63, 3.8) is 0 Å². The number of likely N-dealkylation sites (tertiary alicyclic amines) is 1. The first-order chi connectivity index (χ1) is 19.3. The SMILES string of the molecule is COc1cc2c(cc1[N+](=O)[O-])=CC(C1CCC(O)(COCC3CCCCN3C(=O)OCc3ccccc3)CC1)N=2. The molecule has 214 valence electrons. The van der Waals surface area contributed by atoms with E-state index in [9.17, 15) is 20.0 Å². The molecule has 2 aliphatic heterocycles. The lowest BCUT2D eigenvalue weighted by Crippen LogP contribution is -2.47. The minimum absolute atomic E-state index is 0.0653. The molecular weight excluding hydrogens is 514 g/mol. The predicted molar refractivity (Wildman–Crippen MR) is 147 cm³/mol. The largest absolute Gasteiger partial charge is 0.490 e. The Morgan fingerprint density at radius 3 is 2.67 bits per heavy atom. The molecule has 0 spiro atoms. The molecule has 1 N–H and O–H groups in total. The van der Waals surface area contributed by atoms with Crippen molar-refractivity contribution in [2.75, 3.05) is 26.9 Å². The second-order valence-corrected chi connectivity index (χ2v) is 11.1. The number of amides is 1. The molecule has 2 atom stereocenters. The lowest BCUT2D eigenvalue weighted by Gasteiger charge is -2.38. The Balaban J connectivity index is 1.11. The molecule has 0 radical (unpaired) electrons. The average Bonchev–Trinajstić information content (AvgIpc) is 3.39. The molecule has 2 fully saturated rings. The number of piperidine rings is 1. The number of benzene rings is 2. The van der Waals surface area contributed by atoms with Gasteiger partial charge < -0.3 is 24.2 Å². The van der Waals surface area contributed by atoms with Gasteiger partial charge in [-0.2, -0.15) is 0 Å². The molecular formula is C30H37N3O7. The van der Waals surface area contributed by atoms with Gasteiger partial charge in [-0.05, 0) is 56.4 Å². The first-order valence-electron chi connectivity index (χ1n) is 14.0. The molecule has 1 saturated carbocycles. The molecule has 2 unspecified atom stereocenters. The Labute approximate surface area is 233 Å². The van der Waals surface area contributed by atoms with Crippen molar-refractivity contribution in [2.24, 2.45) is 10.9 Å². The van der Waals surface area contributed by atoms with Gasteiger partial charge in [0.05, 0.1) is 48.3 Å². The van der Waals surface area contributed by atoms with Gasteiger partial charge in [-0.1, -0.05) is 36.4 Å². The molecule has 1 aliphatic carbocycles. The van der Waals surface area contributed by atoms with Crippen LogP contribution in [0, 0.1) is 16.0 Å². The van der Waals surface area contributed by atoms with Crippen molar-refractivity contribution < 1.29 is 29.0 Å². The highest BCUT2D eigenvalue weighted by Gasteiger charge is 2.37. The molecule has 2 heterocycles. The summed E-state index contributed by atoms with van der Waals surface area (Å²) in [6.07, 6.45) is 7.22. The van der Waals surface area contributed by atoms with Crippen molar-refractivity contribution >= 4 is 17.9 Å². The number of nitro groups is 1. The van der Waals surface area contributed by atoms with E-state index in [0.29, 0.717) is 31.4 Å². The monoisotopic (exact) mass is 551 g/mol. The molecule has 10 heteroatoms. The summed E-state index contributed by atoms with van der Waals surface area (Å²) in [6, 6.07) is 12.6. The molecule has 2 aromatic rings. The van der Waals surface area contributed by atoms with Crippen LogP contribution in [0.4, 0.5) is 10.5 Å². The summed E-state index contributed by atoms with van der Waals surface area (Å²) < 4.78 is 16.8. The summed E-state index contributed by atoms with van der Waals surface area (Å²) in [7, 11) is 1.42. The Morgan fingerprint density at radius 1 is 1.18 bits per heavy atom. The van der Waals surface area contributed by atoms with Gasteiger partial charge in [-0.15, -0.1) is 0 Å². The minimum atomic E-state index is -0.919. The number of carbonyl (C=O) groups is 1. The lowest BCUT2D eigenvalue weighted by molar-refractivity contribution is -0.385. The third-order valence-corrected chi connectivity index (χ3v) is 8.36. The molecule has 0 bridgehead atoms. The van der Waals surface area contributed by atoms with Crippen molar-refractivity contribution in [1.82, 2.24) is 4.90 Å². The molecule has 5 rings (SSSR count). The topological polar surface area (TPSA) is 124 Å². The van der Waals surface area contributed by atoms with Gasteiger partial charge in [-0.3, -0.25) is 15.1 Å². The molecule has 2 aromatic carbocycles. The van der Waals surface area contributed by atoms with E-state index in [1.807, 2.05) is 36.4 Å². The number of carbonyl (C=O) groups excluding carboxylic acids is 1. The fourth-order valence-electron chi connectivity index (χ4n) is 6.01. The highest BCUT2D eigenvalue weighted by molar-refractivity contribution is 5.68. The van der Waals surface area contributed by atoms with Crippen LogP contribution in [0.1, 0.15) is 50.5 Å². The highest BCUT2D eigenvalue weighted by atomic mass is 16.6. The van der Waals surface area contributed by atoms with E-state index >= 15 is 0 Å². The number of hydrogen-bond donors (Lipinski definition) is 1. The number of fused-ring (bicyclic) bond motifs is 1. The standard InChI is InChI=1S/C30H37N3O7/c1-38-28-17-26-23(16-27(28)33(36)37)15-25(31-26)22-10-12-30(35,13-11-22)20-39-19-24-9-5-6-14-32(24)29(34)40-18-21-7-3-2-4-8-21/h2-4,7-8,15-17,22,24-25,35H,5-6,9-14,18-20H2,1H3. The van der Waals surface area contributed by atoms with Gasteiger partial charge in [-0.25, -0.2) is 4.79 Å². The van der Waals surface area contributed by atoms with Crippen LogP contribution in [0.2, 0.25) is 0 Å². The number of methoxy groups -OCH3 is 1. The van der Waals surface area contributed by atoms with Gasteiger partial charge in [0.25, 0.3) is 0 Å². The van der Waals surface area contributed by atoms with Crippen LogP contribution in [-0.4, -0.2) is 65.6 Å². The molecule has 1 amide bonds. The van der Waals surface area contributed by atoms with E-state index in [1.54, 1.807) is 11.0 Å². The van der Waals surface area contributed by atoms with E-state index in [2.05, 4.69) is 0 Å². The van der Waals surface area contributed by atoms with E-state index < -0.39 is 10.5 Å². The van der Waals surface area contributed by atoms with Crippen LogP contribution < -0.4 is 15.3 Å². The number of rotatable bonds is 9. The highest BCUT2D eigenvalue weighted by Crippen LogP contribution is 2.36. The zero-order valence-corrected chi connectivity index (χ0v) is 22.9. The van der Waals surface area contributed by atoms with E-state index in [-0.39, 0.29) is 48.7 Å². The Morgan fingerprint density at radius 2 is 1.95 bits per heavy atom. The maximum absolute atomic E-state index is 12.8. The number of aliphatic hydroxyl groups is 1. The molecule has 10 nitrogen and oxygen atoms in total. The van der Waals surface area contributed by atoms with Crippen LogP contribution >= 0.6 is 0 Å². The third-order valence-electron chi connectivity index (χ3n) is 8.36. The quantitative estimate of drug-likeness (QED) is 0.374. The molecule has 40 heavy (non-hydrogen) atoms. The van der Waals surface area contributed by atoms with Crippen LogP contribution in [0.25, 0.3) is 6.08 Å². The van der Waals surface area contributed by atoms with Gasteiger partial charge in [0.15, 0.2) is 5.75 Å². The van der Waals surface area contributed by atoms with Gasteiger partial charge >= 0.3 is 11.8 Å². The van der Waals surface area contributed by atoms with Gasteiger partial charge in [0.1, 0.15) is 6.61 Å². The number of nitrogens with zero attached hydrogens (tertiary/aromatic N) is 3. The summed E-state index contributed by atoms with van der Waals surface area (Å²) >= 11 is 0. The lowest BCUT2D eigenvalue weighted by atomic mass is 9.76. The molecule has 3 aliphatic rings. The molecule has 0 aromatic heterocycles. The maximum Gasteiger partial charge on any atom is 0.410 e. The summed E-state index contributed by atoms with van der Waals surface area (Å²) in [5.41, 5.74) is -0.0343. The van der Waals surface area contributed by atoms with Crippen molar-refractivity contribution in [2.45, 2.75) is 69.2 Å². The third kappa shape index (κ3) is 6.45. The smallest absolute Gasteiger partial charge is 0.410 e. The number of hydrogen-bond acceptors (Lipinski definition) is 8. The maximum atomic E-state index is 12.8. The first kappa shape index (κ1) is 28.0. The summed E-state index contributed by atoms with van der Waals surface area (Å²) in [4.78, 5) is 30.3. The zero-order chi connectivity index (χ0) is 28.1. The van der Waals surface area contributed by atoms with Crippen molar-refractivity contribution in [1.29, 1.82) is 0 Å². The second-order valence-electron chi connectivity index (χ2n) is 11.1. The fourth-order valence-corrected chi connectivity index (χ4v) is 6.01. The van der Waals surface area contributed by atoms with E-state index in [0.717, 1.165) is 42.9 Å².